The van der Waals surface area contributed by atoms with Crippen LogP contribution in [0.1, 0.15) is 32.4 Å². The fraction of sp³-hybridized carbons (Fsp3) is 0.583. The van der Waals surface area contributed by atoms with Crippen molar-refractivity contribution in [2.45, 2.75) is 33.3 Å². The average Bonchev–Trinajstić information content (AvgIpc) is 2.87. The molecule has 2 heterocycles. The van der Waals surface area contributed by atoms with E-state index in [9.17, 15) is 5.11 Å². The van der Waals surface area contributed by atoms with Gasteiger partial charge in [-0.15, -0.1) is 11.3 Å². The van der Waals surface area contributed by atoms with Crippen molar-refractivity contribution in [3.63, 3.8) is 0 Å². The van der Waals surface area contributed by atoms with Crippen LogP contribution in [0.15, 0.2) is 11.6 Å². The number of thiazole rings is 1. The molecule has 4 nitrogen and oxygen atoms in total. The second-order valence-corrected chi connectivity index (χ2v) is 4.96. The van der Waals surface area contributed by atoms with Crippen molar-refractivity contribution in [2.75, 3.05) is 18.0 Å². The number of aliphatic hydroxyl groups excluding tert-OH is 1. The van der Waals surface area contributed by atoms with Gasteiger partial charge in [-0.2, -0.15) is 0 Å². The van der Waals surface area contributed by atoms with Crippen molar-refractivity contribution in [3.05, 3.63) is 17.3 Å². The first-order chi connectivity index (χ1) is 8.31. The Labute approximate surface area is 106 Å². The Morgan fingerprint density at radius 3 is 2.65 bits per heavy atom. The summed E-state index contributed by atoms with van der Waals surface area (Å²) in [5.74, 6) is 0.947. The van der Waals surface area contributed by atoms with Crippen LogP contribution < -0.4 is 4.90 Å². The van der Waals surface area contributed by atoms with Gasteiger partial charge in [-0.25, -0.2) is 4.98 Å². The Morgan fingerprint density at radius 2 is 2.06 bits per heavy atom. The van der Waals surface area contributed by atoms with E-state index in [4.69, 9.17) is 0 Å². The van der Waals surface area contributed by atoms with E-state index < -0.39 is 0 Å². The molecule has 0 aromatic carbocycles. The number of anilines is 1. The minimum atomic E-state index is 0.0389. The number of aliphatic hydroxyl groups is 1. The van der Waals surface area contributed by atoms with Gasteiger partial charge in [-0.05, 0) is 12.8 Å². The number of aromatic nitrogens is 2. The van der Waals surface area contributed by atoms with E-state index in [1.807, 2.05) is 16.0 Å². The normalized spacial score (nSPS) is 11.2. The molecule has 0 bridgehead atoms. The summed E-state index contributed by atoms with van der Waals surface area (Å²) in [5, 5.41) is 11.5. The van der Waals surface area contributed by atoms with Crippen LogP contribution >= 0.6 is 11.3 Å². The lowest BCUT2D eigenvalue weighted by molar-refractivity contribution is 0.276. The smallest absolute Gasteiger partial charge is 0.195 e. The van der Waals surface area contributed by atoms with Crippen LogP contribution in [0, 0.1) is 0 Å². The molecule has 94 valence electrons. The van der Waals surface area contributed by atoms with E-state index >= 15 is 0 Å². The summed E-state index contributed by atoms with van der Waals surface area (Å²) in [4.78, 5) is 7.86. The van der Waals surface area contributed by atoms with Crippen LogP contribution in [-0.2, 0) is 6.61 Å². The Kier molecular flexibility index (Phi) is 4.02. The number of hydrogen-bond donors (Lipinski definition) is 1. The van der Waals surface area contributed by atoms with Crippen molar-refractivity contribution in [1.82, 2.24) is 9.38 Å². The van der Waals surface area contributed by atoms with Crippen LogP contribution in [0.25, 0.3) is 4.96 Å². The maximum Gasteiger partial charge on any atom is 0.195 e. The molecule has 0 unspecified atom stereocenters. The van der Waals surface area contributed by atoms with E-state index in [2.05, 4.69) is 23.7 Å². The van der Waals surface area contributed by atoms with E-state index in [-0.39, 0.29) is 6.61 Å². The number of imidazole rings is 1. The van der Waals surface area contributed by atoms with Crippen molar-refractivity contribution in [1.29, 1.82) is 0 Å². The lowest BCUT2D eigenvalue weighted by Crippen LogP contribution is -2.26. The summed E-state index contributed by atoms with van der Waals surface area (Å²) in [6.07, 6.45) is 4.16. The Hall–Kier alpha value is -1.07. The van der Waals surface area contributed by atoms with E-state index in [1.165, 1.54) is 0 Å². The fourth-order valence-corrected chi connectivity index (χ4v) is 2.81. The minimum Gasteiger partial charge on any atom is -0.390 e. The fourth-order valence-electron chi connectivity index (χ4n) is 2.08. The summed E-state index contributed by atoms with van der Waals surface area (Å²) < 4.78 is 1.98. The molecule has 2 aromatic heterocycles. The van der Waals surface area contributed by atoms with Gasteiger partial charge in [-0.3, -0.25) is 4.40 Å². The Bertz CT molecular complexity index is 471. The van der Waals surface area contributed by atoms with Crippen LogP contribution in [0.4, 0.5) is 5.82 Å². The summed E-state index contributed by atoms with van der Waals surface area (Å²) in [7, 11) is 0. The zero-order valence-electron chi connectivity index (χ0n) is 10.4. The standard InChI is InChI=1S/C12H19N3OS/c1-3-5-14(6-4-2)11-10(9-16)15-7-8-17-12(15)13-11/h7-8,16H,3-6,9H2,1-2H3. The van der Waals surface area contributed by atoms with E-state index in [0.29, 0.717) is 0 Å². The molecular formula is C12H19N3OS. The number of fused-ring (bicyclic) bond motifs is 1. The first-order valence-corrected chi connectivity index (χ1v) is 7.00. The molecule has 0 amide bonds. The topological polar surface area (TPSA) is 40.8 Å². The van der Waals surface area contributed by atoms with Gasteiger partial charge >= 0.3 is 0 Å². The van der Waals surface area contributed by atoms with Gasteiger partial charge in [0.25, 0.3) is 0 Å². The van der Waals surface area contributed by atoms with Crippen molar-refractivity contribution < 1.29 is 5.11 Å². The second-order valence-electron chi connectivity index (χ2n) is 4.08. The average molecular weight is 253 g/mol. The second kappa shape index (κ2) is 5.51. The molecule has 0 fully saturated rings. The van der Waals surface area contributed by atoms with Gasteiger partial charge in [0.1, 0.15) is 0 Å². The van der Waals surface area contributed by atoms with Gasteiger partial charge in [0, 0.05) is 24.7 Å². The predicted octanol–water partition coefficient (Wildman–Crippen LogP) is 2.51. The summed E-state index contributed by atoms with van der Waals surface area (Å²) in [6, 6.07) is 0. The molecule has 0 radical (unpaired) electrons. The molecule has 5 heteroatoms. The van der Waals surface area contributed by atoms with Gasteiger partial charge in [0.2, 0.25) is 0 Å². The lowest BCUT2D eigenvalue weighted by atomic mass is 10.3. The third kappa shape index (κ3) is 2.30. The first kappa shape index (κ1) is 12.4. The van der Waals surface area contributed by atoms with Crippen LogP contribution in [0.3, 0.4) is 0 Å². The molecule has 0 aliphatic heterocycles. The van der Waals surface area contributed by atoms with Crippen LogP contribution in [0.2, 0.25) is 0 Å². The highest BCUT2D eigenvalue weighted by atomic mass is 32.1. The van der Waals surface area contributed by atoms with E-state index in [1.54, 1.807) is 11.3 Å². The molecule has 0 aliphatic rings. The first-order valence-electron chi connectivity index (χ1n) is 6.12. The summed E-state index contributed by atoms with van der Waals surface area (Å²) >= 11 is 1.61. The molecular weight excluding hydrogens is 234 g/mol. The molecule has 0 spiro atoms. The maximum absolute atomic E-state index is 9.53. The molecule has 2 aromatic rings. The van der Waals surface area contributed by atoms with Gasteiger partial charge in [0.05, 0.1) is 12.3 Å². The molecule has 17 heavy (non-hydrogen) atoms. The molecule has 1 N–H and O–H groups in total. The molecule has 0 aliphatic carbocycles. The van der Waals surface area contributed by atoms with Crippen LogP contribution in [0.5, 0.6) is 0 Å². The molecule has 2 rings (SSSR count). The molecule has 0 saturated carbocycles. The third-order valence-corrected chi connectivity index (χ3v) is 3.53. The largest absolute Gasteiger partial charge is 0.390 e. The lowest BCUT2D eigenvalue weighted by Gasteiger charge is -2.22. The maximum atomic E-state index is 9.53. The monoisotopic (exact) mass is 253 g/mol. The number of hydrogen-bond acceptors (Lipinski definition) is 4. The number of rotatable bonds is 6. The highest BCUT2D eigenvalue weighted by molar-refractivity contribution is 7.15. The zero-order valence-corrected chi connectivity index (χ0v) is 11.2. The summed E-state index contributed by atoms with van der Waals surface area (Å²) in [6.45, 7) is 6.36. The van der Waals surface area contributed by atoms with Gasteiger partial charge in [0.15, 0.2) is 10.8 Å². The van der Waals surface area contributed by atoms with Gasteiger partial charge < -0.3 is 10.0 Å². The van der Waals surface area contributed by atoms with Crippen LogP contribution in [-0.4, -0.2) is 27.6 Å². The number of nitrogens with zero attached hydrogens (tertiary/aromatic N) is 3. The predicted molar refractivity (Wildman–Crippen MR) is 71.8 cm³/mol. The third-order valence-electron chi connectivity index (χ3n) is 2.78. The van der Waals surface area contributed by atoms with Crippen molar-refractivity contribution in [2.24, 2.45) is 0 Å². The van der Waals surface area contributed by atoms with E-state index in [0.717, 1.165) is 42.4 Å². The Balaban J connectivity index is 2.40. The van der Waals surface area contributed by atoms with Gasteiger partial charge in [-0.1, -0.05) is 13.8 Å². The van der Waals surface area contributed by atoms with Crippen molar-refractivity contribution in [3.8, 4) is 0 Å². The Morgan fingerprint density at radius 1 is 1.35 bits per heavy atom. The highest BCUT2D eigenvalue weighted by Crippen LogP contribution is 2.25. The molecule has 0 saturated heterocycles. The molecule has 0 atom stereocenters. The highest BCUT2D eigenvalue weighted by Gasteiger charge is 2.17. The summed E-state index contributed by atoms with van der Waals surface area (Å²) in [5.41, 5.74) is 0.906. The minimum absolute atomic E-state index is 0.0389. The SMILES string of the molecule is CCCN(CCC)c1nc2sccn2c1CO. The zero-order chi connectivity index (χ0) is 12.3. The van der Waals surface area contributed by atoms with Crippen molar-refractivity contribution >= 4 is 22.1 Å². The quantitative estimate of drug-likeness (QED) is 0.860.